The molecule has 1 N–H and O–H groups in total. The highest BCUT2D eigenvalue weighted by molar-refractivity contribution is 6.25. The van der Waals surface area contributed by atoms with Crippen molar-refractivity contribution in [3.8, 4) is 0 Å². The minimum absolute atomic E-state index is 0.0332. The maximum atomic E-state index is 13.1. The molecule has 2 aliphatic heterocycles. The molecule has 2 heterocycles. The normalized spacial score (nSPS) is 29.9. The Hall–Kier alpha value is -3.02. The third kappa shape index (κ3) is 2.71. The minimum atomic E-state index is -0.375. The molecule has 164 valence electrons. The van der Waals surface area contributed by atoms with Crippen LogP contribution in [0.1, 0.15) is 83.7 Å². The fourth-order valence-corrected chi connectivity index (χ4v) is 6.28. The van der Waals surface area contributed by atoms with Gasteiger partial charge in [-0.05, 0) is 59.8 Å². The van der Waals surface area contributed by atoms with Crippen molar-refractivity contribution >= 4 is 23.6 Å². The second-order valence-corrected chi connectivity index (χ2v) is 11.2. The molecule has 1 aromatic carbocycles. The first kappa shape index (κ1) is 19.6. The highest BCUT2D eigenvalue weighted by Gasteiger charge is 2.48. The Labute approximate surface area is 186 Å². The van der Waals surface area contributed by atoms with Crippen LogP contribution < -0.4 is 5.32 Å². The number of imide groups is 2. The second kappa shape index (κ2) is 6.27. The molecule has 6 nitrogen and oxygen atoms in total. The van der Waals surface area contributed by atoms with Crippen molar-refractivity contribution < 1.29 is 19.2 Å². The lowest BCUT2D eigenvalue weighted by Crippen LogP contribution is -2.40. The van der Waals surface area contributed by atoms with E-state index >= 15 is 0 Å². The lowest BCUT2D eigenvalue weighted by molar-refractivity contribution is -0.138. The lowest BCUT2D eigenvalue weighted by atomic mass is 9.63. The van der Waals surface area contributed by atoms with Crippen molar-refractivity contribution in [3.05, 3.63) is 57.7 Å². The van der Waals surface area contributed by atoms with Crippen LogP contribution in [0.15, 0.2) is 35.4 Å². The maximum Gasteiger partial charge on any atom is 0.261 e. The van der Waals surface area contributed by atoms with E-state index in [4.69, 9.17) is 0 Å². The van der Waals surface area contributed by atoms with Crippen LogP contribution in [-0.2, 0) is 9.59 Å². The quantitative estimate of drug-likeness (QED) is 0.745. The van der Waals surface area contributed by atoms with Gasteiger partial charge in [-0.25, -0.2) is 0 Å². The SMILES string of the molecule is CC(C)(C)CC1CC(CN2C(=O)C3=CC4c5cc6c(cc5C4C=C3C2=O)C(=O)NC6=O)C1. The number of nitrogens with one attached hydrogen (secondary N) is 1. The van der Waals surface area contributed by atoms with E-state index in [0.29, 0.717) is 46.1 Å². The van der Waals surface area contributed by atoms with Crippen LogP contribution in [0.5, 0.6) is 0 Å². The average molecular weight is 431 g/mol. The van der Waals surface area contributed by atoms with Crippen LogP contribution >= 0.6 is 0 Å². The van der Waals surface area contributed by atoms with Gasteiger partial charge in [0.2, 0.25) is 0 Å². The number of hydrogen-bond acceptors (Lipinski definition) is 4. The number of benzene rings is 1. The third-order valence-electron chi connectivity index (χ3n) is 7.65. The van der Waals surface area contributed by atoms with Crippen molar-refractivity contribution in [2.45, 2.75) is 51.9 Å². The van der Waals surface area contributed by atoms with Gasteiger partial charge < -0.3 is 0 Å². The Morgan fingerprint density at radius 3 is 1.81 bits per heavy atom. The average Bonchev–Trinajstić information content (AvgIpc) is 3.09. The van der Waals surface area contributed by atoms with Crippen LogP contribution in [-0.4, -0.2) is 35.1 Å². The molecule has 3 aliphatic carbocycles. The van der Waals surface area contributed by atoms with E-state index in [1.165, 1.54) is 11.3 Å². The van der Waals surface area contributed by atoms with Gasteiger partial charge in [0.15, 0.2) is 0 Å². The van der Waals surface area contributed by atoms with Crippen LogP contribution in [0.4, 0.5) is 0 Å². The zero-order chi connectivity index (χ0) is 22.5. The Kier molecular flexibility index (Phi) is 3.85. The standard InChI is InChI=1S/C26H26N2O4/c1-26(2,3)10-12-4-13(5-12)11-28-24(31)20-8-16-14-6-18-19(23(30)27-22(18)29)7-15(14)17(16)9-21(20)25(28)32/h6-9,12-13,16-17H,4-5,10-11H2,1-3H3,(H,27,29,30). The van der Waals surface area contributed by atoms with Gasteiger partial charge in [-0.3, -0.25) is 29.4 Å². The van der Waals surface area contributed by atoms with E-state index in [9.17, 15) is 19.2 Å². The number of carbonyl (C=O) groups is 4. The van der Waals surface area contributed by atoms with E-state index < -0.39 is 0 Å². The molecule has 32 heavy (non-hydrogen) atoms. The monoisotopic (exact) mass is 430 g/mol. The van der Waals surface area contributed by atoms with Crippen LogP contribution in [0, 0.1) is 17.3 Å². The number of rotatable bonds is 3. The highest BCUT2D eigenvalue weighted by atomic mass is 16.2. The number of allylic oxidation sites excluding steroid dienone is 2. The van der Waals surface area contributed by atoms with Crippen molar-refractivity contribution in [2.24, 2.45) is 17.3 Å². The van der Waals surface area contributed by atoms with Crippen LogP contribution in [0.25, 0.3) is 0 Å². The van der Waals surface area contributed by atoms with E-state index in [0.717, 1.165) is 24.0 Å². The molecule has 1 saturated heterocycles. The molecule has 0 bridgehead atoms. The van der Waals surface area contributed by atoms with E-state index in [2.05, 4.69) is 26.1 Å². The largest absolute Gasteiger partial charge is 0.288 e. The van der Waals surface area contributed by atoms with E-state index in [1.54, 1.807) is 12.1 Å². The molecule has 2 atom stereocenters. The Morgan fingerprint density at radius 1 is 0.844 bits per heavy atom. The van der Waals surface area contributed by atoms with E-state index in [1.807, 2.05) is 12.2 Å². The van der Waals surface area contributed by atoms with Gasteiger partial charge in [-0.15, -0.1) is 0 Å². The summed E-state index contributed by atoms with van der Waals surface area (Å²) in [4.78, 5) is 51.7. The first-order chi connectivity index (χ1) is 15.1. The summed E-state index contributed by atoms with van der Waals surface area (Å²) in [6.45, 7) is 7.25. The van der Waals surface area contributed by atoms with Gasteiger partial charge in [0.25, 0.3) is 23.6 Å². The topological polar surface area (TPSA) is 83.6 Å². The van der Waals surface area contributed by atoms with Gasteiger partial charge in [-0.1, -0.05) is 32.9 Å². The summed E-state index contributed by atoms with van der Waals surface area (Å²) in [6, 6.07) is 3.54. The molecular formula is C26H26N2O4. The summed E-state index contributed by atoms with van der Waals surface area (Å²) in [5.74, 6) is -0.135. The second-order valence-electron chi connectivity index (χ2n) is 11.2. The number of carbonyl (C=O) groups excluding carboxylic acids is 4. The molecule has 6 heteroatoms. The Balaban J connectivity index is 1.22. The van der Waals surface area contributed by atoms with Crippen molar-refractivity contribution in [1.29, 1.82) is 0 Å². The Morgan fingerprint density at radius 2 is 1.34 bits per heavy atom. The molecule has 2 fully saturated rings. The predicted octanol–water partition coefficient (Wildman–Crippen LogP) is 3.45. The first-order valence-electron chi connectivity index (χ1n) is 11.4. The van der Waals surface area contributed by atoms with Crippen LogP contribution in [0.3, 0.4) is 0 Å². The molecule has 1 aromatic rings. The molecule has 1 saturated carbocycles. The van der Waals surface area contributed by atoms with Crippen molar-refractivity contribution in [3.63, 3.8) is 0 Å². The Bertz CT molecular complexity index is 1120. The summed E-state index contributed by atoms with van der Waals surface area (Å²) in [5.41, 5.74) is 4.01. The summed E-state index contributed by atoms with van der Waals surface area (Å²) < 4.78 is 0. The molecule has 0 aromatic heterocycles. The van der Waals surface area contributed by atoms with Gasteiger partial charge >= 0.3 is 0 Å². The summed E-state index contributed by atoms with van der Waals surface area (Å²) >= 11 is 0. The summed E-state index contributed by atoms with van der Waals surface area (Å²) in [5, 5.41) is 2.33. The predicted molar refractivity (Wildman–Crippen MR) is 117 cm³/mol. The molecule has 0 radical (unpaired) electrons. The molecule has 4 amide bonds. The minimum Gasteiger partial charge on any atom is -0.288 e. The molecule has 5 aliphatic rings. The lowest BCUT2D eigenvalue weighted by Gasteiger charge is -2.40. The van der Waals surface area contributed by atoms with Crippen LogP contribution in [0.2, 0.25) is 0 Å². The zero-order valence-electron chi connectivity index (χ0n) is 18.5. The maximum absolute atomic E-state index is 13.1. The molecular weight excluding hydrogens is 404 g/mol. The zero-order valence-corrected chi connectivity index (χ0v) is 18.5. The number of amides is 4. The number of likely N-dealkylation sites (tertiary alicyclic amines) is 1. The third-order valence-corrected chi connectivity index (χ3v) is 7.65. The summed E-state index contributed by atoms with van der Waals surface area (Å²) in [6.07, 6.45) is 7.11. The summed E-state index contributed by atoms with van der Waals surface area (Å²) in [7, 11) is 0. The fourth-order valence-electron chi connectivity index (χ4n) is 6.28. The van der Waals surface area contributed by atoms with Gasteiger partial charge in [0.05, 0.1) is 11.1 Å². The number of hydrogen-bond donors (Lipinski definition) is 1. The first-order valence-corrected chi connectivity index (χ1v) is 11.4. The van der Waals surface area contributed by atoms with Gasteiger partial charge in [0, 0.05) is 29.5 Å². The van der Waals surface area contributed by atoms with Crippen molar-refractivity contribution in [1.82, 2.24) is 10.2 Å². The van der Waals surface area contributed by atoms with Gasteiger partial charge in [-0.2, -0.15) is 0 Å². The van der Waals surface area contributed by atoms with E-state index in [-0.39, 0.29) is 35.5 Å². The number of nitrogens with zero attached hydrogens (tertiary/aromatic N) is 1. The molecule has 0 spiro atoms. The smallest absolute Gasteiger partial charge is 0.261 e. The highest BCUT2D eigenvalue weighted by Crippen LogP contribution is 2.54. The van der Waals surface area contributed by atoms with Crippen molar-refractivity contribution in [2.75, 3.05) is 6.54 Å². The molecule has 2 unspecified atom stereocenters. The molecule has 6 rings (SSSR count). The van der Waals surface area contributed by atoms with Gasteiger partial charge in [0.1, 0.15) is 0 Å². The number of fused-ring (bicyclic) bond motifs is 6. The fraction of sp³-hybridized carbons (Fsp3) is 0.462.